The molecule has 2 aromatic rings. The van der Waals surface area contributed by atoms with Gasteiger partial charge in [0.1, 0.15) is 0 Å². The molecule has 0 saturated carbocycles. The third kappa shape index (κ3) is 4.89. The van der Waals surface area contributed by atoms with Crippen LogP contribution in [0.5, 0.6) is 0 Å². The number of hydrogen-bond donors (Lipinski definition) is 2. The van der Waals surface area contributed by atoms with Crippen molar-refractivity contribution in [2.24, 2.45) is 0 Å². The number of aryl methyl sites for hydroxylation is 1. The van der Waals surface area contributed by atoms with Crippen molar-refractivity contribution in [2.75, 3.05) is 19.3 Å². The van der Waals surface area contributed by atoms with Gasteiger partial charge in [0.25, 0.3) is 0 Å². The van der Waals surface area contributed by atoms with E-state index in [2.05, 4.69) is 47.8 Å². The molecule has 3 rings (SSSR count). The van der Waals surface area contributed by atoms with Gasteiger partial charge in [0.15, 0.2) is 0 Å². The van der Waals surface area contributed by atoms with Crippen LogP contribution in [-0.2, 0) is 6.42 Å². The van der Waals surface area contributed by atoms with Crippen LogP contribution in [0, 0.1) is 0 Å². The maximum absolute atomic E-state index is 5.98. The summed E-state index contributed by atoms with van der Waals surface area (Å²) in [6.07, 6.45) is 5.05. The minimum absolute atomic E-state index is 0. The van der Waals surface area contributed by atoms with E-state index in [4.69, 9.17) is 5.73 Å². The molecule has 0 amide bonds. The van der Waals surface area contributed by atoms with E-state index >= 15 is 0 Å². The highest BCUT2D eigenvalue weighted by atomic mass is 35.5. The second-order valence-electron chi connectivity index (χ2n) is 6.45. The number of nitrogens with two attached hydrogens (primary N) is 1. The highest BCUT2D eigenvalue weighted by Crippen LogP contribution is 2.38. The lowest BCUT2D eigenvalue weighted by molar-refractivity contribution is 0.460. The Kier molecular flexibility index (Phi) is 8.61. The van der Waals surface area contributed by atoms with Crippen molar-refractivity contribution in [1.82, 2.24) is 5.32 Å². The molecule has 0 bridgehead atoms. The van der Waals surface area contributed by atoms with Crippen LogP contribution in [0.4, 0.5) is 5.69 Å². The van der Waals surface area contributed by atoms with Gasteiger partial charge in [-0.25, -0.2) is 0 Å². The molecule has 2 nitrogen and oxygen atoms in total. The van der Waals surface area contributed by atoms with Gasteiger partial charge in [-0.3, -0.25) is 0 Å². The Morgan fingerprint density at radius 1 is 1.12 bits per heavy atom. The molecule has 0 fully saturated rings. The summed E-state index contributed by atoms with van der Waals surface area (Å²) in [5.74, 6) is 1.19. The van der Waals surface area contributed by atoms with Gasteiger partial charge in [0.05, 0.1) is 0 Å². The number of nitrogens with one attached hydrogen (secondary N) is 1. The Bertz CT molecular complexity index is 631. The molecule has 0 aromatic heterocycles. The molecule has 0 spiro atoms. The van der Waals surface area contributed by atoms with Crippen molar-refractivity contribution in [3.8, 4) is 0 Å². The average molecular weight is 367 g/mol. The Labute approximate surface area is 158 Å². The van der Waals surface area contributed by atoms with E-state index in [0.717, 1.165) is 12.2 Å². The van der Waals surface area contributed by atoms with Crippen LogP contribution in [0.1, 0.15) is 47.8 Å². The minimum atomic E-state index is 0. The molecule has 0 radical (unpaired) electrons. The highest BCUT2D eigenvalue weighted by Gasteiger charge is 2.24. The summed E-state index contributed by atoms with van der Waals surface area (Å²) in [6, 6.07) is 17.4. The smallest absolute Gasteiger partial charge is 0.0316 e. The summed E-state index contributed by atoms with van der Waals surface area (Å²) >= 11 is 0. The van der Waals surface area contributed by atoms with Crippen molar-refractivity contribution >= 4 is 30.5 Å². The van der Waals surface area contributed by atoms with Crippen molar-refractivity contribution in [3.05, 3.63) is 65.2 Å². The van der Waals surface area contributed by atoms with E-state index in [1.54, 1.807) is 11.1 Å². The van der Waals surface area contributed by atoms with Crippen molar-refractivity contribution in [2.45, 2.75) is 37.5 Å². The third-order valence-corrected chi connectivity index (χ3v) is 4.90. The van der Waals surface area contributed by atoms with Crippen LogP contribution < -0.4 is 11.1 Å². The number of halogens is 2. The summed E-state index contributed by atoms with van der Waals surface area (Å²) in [7, 11) is 2.04. The van der Waals surface area contributed by atoms with Crippen molar-refractivity contribution < 1.29 is 0 Å². The molecule has 1 aliphatic carbocycles. The fraction of sp³-hybridized carbons (Fsp3) is 0.400. The van der Waals surface area contributed by atoms with Crippen LogP contribution in [0.3, 0.4) is 0 Å². The van der Waals surface area contributed by atoms with E-state index < -0.39 is 0 Å². The number of likely N-dealkylation sites (N-methyl/N-ethyl adjacent to an activating group) is 1. The quantitative estimate of drug-likeness (QED) is 0.736. The number of anilines is 1. The molecular weight excluding hydrogens is 339 g/mol. The Balaban J connectivity index is 0.00000144. The maximum atomic E-state index is 5.98. The van der Waals surface area contributed by atoms with Gasteiger partial charge in [-0.05, 0) is 73.4 Å². The first-order valence-electron chi connectivity index (χ1n) is 8.35. The zero-order chi connectivity index (χ0) is 15.4. The SMILES string of the molecule is CNCC(CC1CCCc2ccccc21)c1cccc(N)c1.Cl.Cl. The lowest BCUT2D eigenvalue weighted by atomic mass is 9.77. The van der Waals surface area contributed by atoms with Gasteiger partial charge >= 0.3 is 0 Å². The number of hydrogen-bond acceptors (Lipinski definition) is 2. The first-order chi connectivity index (χ1) is 10.8. The topological polar surface area (TPSA) is 38.0 Å². The maximum Gasteiger partial charge on any atom is 0.0316 e. The van der Waals surface area contributed by atoms with Gasteiger partial charge in [-0.1, -0.05) is 36.4 Å². The van der Waals surface area contributed by atoms with Gasteiger partial charge in [-0.15, -0.1) is 24.8 Å². The van der Waals surface area contributed by atoms with Crippen LogP contribution in [0.15, 0.2) is 48.5 Å². The summed E-state index contributed by atoms with van der Waals surface area (Å²) in [5.41, 5.74) is 11.3. The van der Waals surface area contributed by atoms with Crippen molar-refractivity contribution in [1.29, 1.82) is 0 Å². The van der Waals surface area contributed by atoms with E-state index in [0.29, 0.717) is 11.8 Å². The van der Waals surface area contributed by atoms with Gasteiger partial charge < -0.3 is 11.1 Å². The molecule has 0 aliphatic heterocycles. The third-order valence-electron chi connectivity index (χ3n) is 4.90. The second kappa shape index (κ2) is 9.93. The lowest BCUT2D eigenvalue weighted by Crippen LogP contribution is -2.21. The van der Waals surface area contributed by atoms with Crippen molar-refractivity contribution in [3.63, 3.8) is 0 Å². The number of rotatable bonds is 5. The van der Waals surface area contributed by atoms with E-state index in [-0.39, 0.29) is 24.8 Å². The molecule has 1 aliphatic rings. The van der Waals surface area contributed by atoms with Crippen LogP contribution in [0.25, 0.3) is 0 Å². The summed E-state index contributed by atoms with van der Waals surface area (Å²) in [5, 5.41) is 3.36. The summed E-state index contributed by atoms with van der Waals surface area (Å²) < 4.78 is 0. The van der Waals surface area contributed by atoms with Gasteiger partial charge in [0, 0.05) is 12.2 Å². The molecule has 2 unspecified atom stereocenters. The summed E-state index contributed by atoms with van der Waals surface area (Å²) in [4.78, 5) is 0. The molecule has 0 saturated heterocycles. The molecule has 24 heavy (non-hydrogen) atoms. The molecule has 132 valence electrons. The highest BCUT2D eigenvalue weighted by molar-refractivity contribution is 5.85. The summed E-state index contributed by atoms with van der Waals surface area (Å²) in [6.45, 7) is 1.00. The monoisotopic (exact) mass is 366 g/mol. The van der Waals surface area contributed by atoms with Crippen LogP contribution in [0.2, 0.25) is 0 Å². The zero-order valence-corrected chi connectivity index (χ0v) is 15.8. The number of benzene rings is 2. The lowest BCUT2D eigenvalue weighted by Gasteiger charge is -2.29. The number of fused-ring (bicyclic) bond motifs is 1. The Hall–Kier alpha value is -1.22. The van der Waals surface area contributed by atoms with Crippen LogP contribution >= 0.6 is 24.8 Å². The predicted octanol–water partition coefficient (Wildman–Crippen LogP) is 4.93. The van der Waals surface area contributed by atoms with E-state index in [1.807, 2.05) is 13.1 Å². The minimum Gasteiger partial charge on any atom is -0.399 e. The molecule has 3 N–H and O–H groups in total. The molecule has 2 aromatic carbocycles. The Morgan fingerprint density at radius 3 is 2.67 bits per heavy atom. The molecule has 4 heteroatoms. The van der Waals surface area contributed by atoms with Crippen LogP contribution in [-0.4, -0.2) is 13.6 Å². The number of nitrogen functional groups attached to an aromatic ring is 1. The molecular formula is C20H28Cl2N2. The molecule has 2 atom stereocenters. The first-order valence-corrected chi connectivity index (χ1v) is 8.35. The fourth-order valence-corrected chi connectivity index (χ4v) is 3.84. The average Bonchev–Trinajstić information content (AvgIpc) is 2.55. The first kappa shape index (κ1) is 20.8. The standard InChI is InChI=1S/C20H26N2.2ClH/c1-22-14-18(16-8-5-10-19(21)13-16)12-17-9-4-7-15-6-2-3-11-20(15)17;;/h2-3,5-6,8,10-11,13,17-18,22H,4,7,9,12,14,21H2,1H3;2*1H. The predicted molar refractivity (Wildman–Crippen MR) is 109 cm³/mol. The fourth-order valence-electron chi connectivity index (χ4n) is 3.84. The van der Waals surface area contributed by atoms with Gasteiger partial charge in [0.2, 0.25) is 0 Å². The Morgan fingerprint density at radius 2 is 1.92 bits per heavy atom. The van der Waals surface area contributed by atoms with E-state index in [1.165, 1.54) is 31.2 Å². The largest absolute Gasteiger partial charge is 0.399 e. The zero-order valence-electron chi connectivity index (χ0n) is 14.2. The second-order valence-corrected chi connectivity index (χ2v) is 6.45. The molecule has 0 heterocycles. The van der Waals surface area contributed by atoms with Gasteiger partial charge in [-0.2, -0.15) is 0 Å². The normalized spacial score (nSPS) is 17.1. The van der Waals surface area contributed by atoms with E-state index in [9.17, 15) is 0 Å².